The van der Waals surface area contributed by atoms with Crippen LogP contribution in [0.15, 0.2) is 12.1 Å². The van der Waals surface area contributed by atoms with Crippen LogP contribution in [0.1, 0.15) is 11.8 Å². The van der Waals surface area contributed by atoms with Crippen molar-refractivity contribution >= 4 is 34.8 Å². The molecule has 1 aromatic heterocycles. The van der Waals surface area contributed by atoms with Crippen LogP contribution in [0.5, 0.6) is 0 Å². The smallest absolute Gasteiger partial charge is 0.331 e. The Morgan fingerprint density at radius 3 is 2.67 bits per heavy atom. The molecule has 0 aliphatic rings. The molecule has 18 heavy (non-hydrogen) atoms. The molecule has 0 radical (unpaired) electrons. The molecule has 0 aliphatic carbocycles. The Labute approximate surface area is 114 Å². The first-order valence-electron chi connectivity index (χ1n) is 5.15. The van der Waals surface area contributed by atoms with Gasteiger partial charge >= 0.3 is 5.97 Å². The number of nitrogens with one attached hydrogen (secondary N) is 1. The molecular weight excluding hydrogens is 278 g/mol. The van der Waals surface area contributed by atoms with Gasteiger partial charge in [-0.15, -0.1) is 11.3 Å². The van der Waals surface area contributed by atoms with Crippen LogP contribution in [0.25, 0.3) is 0 Å². The fourth-order valence-electron chi connectivity index (χ4n) is 1.40. The Bertz CT molecular complexity index is 448. The molecular formula is C11H14ClNO4S. The van der Waals surface area contributed by atoms with E-state index >= 15 is 0 Å². The van der Waals surface area contributed by atoms with E-state index in [9.17, 15) is 9.59 Å². The average molecular weight is 292 g/mol. The van der Waals surface area contributed by atoms with Gasteiger partial charge in [-0.1, -0.05) is 11.6 Å². The summed E-state index contributed by atoms with van der Waals surface area (Å²) in [5.41, 5.74) is -1.42. The number of carboxylic acid groups (broad SMARTS) is 1. The van der Waals surface area contributed by atoms with Crippen LogP contribution in [-0.4, -0.2) is 36.2 Å². The number of amides is 1. The molecule has 1 amide bonds. The summed E-state index contributed by atoms with van der Waals surface area (Å²) in [4.78, 5) is 23.6. The summed E-state index contributed by atoms with van der Waals surface area (Å²) in [5.74, 6) is -1.52. The molecule has 2 N–H and O–H groups in total. The van der Waals surface area contributed by atoms with Crippen LogP contribution < -0.4 is 5.32 Å². The minimum atomic E-state index is -1.42. The minimum Gasteiger partial charge on any atom is -0.479 e. The van der Waals surface area contributed by atoms with Gasteiger partial charge in [-0.2, -0.15) is 0 Å². The zero-order chi connectivity index (χ0) is 13.8. The minimum absolute atomic E-state index is 0.0979. The fourth-order valence-corrected chi connectivity index (χ4v) is 2.48. The normalized spacial score (nSPS) is 13.9. The van der Waals surface area contributed by atoms with Crippen molar-refractivity contribution in [1.82, 2.24) is 5.32 Å². The Hall–Kier alpha value is -1.11. The molecule has 1 heterocycles. The number of hydrogen-bond donors (Lipinski definition) is 2. The van der Waals surface area contributed by atoms with Crippen molar-refractivity contribution < 1.29 is 19.4 Å². The highest BCUT2D eigenvalue weighted by Crippen LogP contribution is 2.21. The standard InChI is InChI=1S/C11H14ClNO4S/c1-11(6-17-2,10(15)16)13-9(14)5-7-3-4-8(12)18-7/h3-4H,5-6H2,1-2H3,(H,13,14)(H,15,16). The van der Waals surface area contributed by atoms with Gasteiger partial charge in [0.1, 0.15) is 0 Å². The van der Waals surface area contributed by atoms with Gasteiger partial charge in [-0.3, -0.25) is 4.79 Å². The van der Waals surface area contributed by atoms with E-state index in [4.69, 9.17) is 21.4 Å². The lowest BCUT2D eigenvalue weighted by molar-refractivity contribution is -0.149. The average Bonchev–Trinajstić information content (AvgIpc) is 2.63. The maximum absolute atomic E-state index is 11.8. The molecule has 0 aliphatic heterocycles. The van der Waals surface area contributed by atoms with Crippen LogP contribution in [0.2, 0.25) is 4.34 Å². The predicted octanol–water partition coefficient (Wildman–Crippen LogP) is 1.55. The lowest BCUT2D eigenvalue weighted by atomic mass is 10.0. The van der Waals surface area contributed by atoms with E-state index in [-0.39, 0.29) is 18.9 Å². The van der Waals surface area contributed by atoms with Gasteiger partial charge < -0.3 is 15.2 Å². The molecule has 1 atom stereocenters. The van der Waals surface area contributed by atoms with E-state index in [2.05, 4.69) is 5.32 Å². The van der Waals surface area contributed by atoms with E-state index in [1.807, 2.05) is 0 Å². The van der Waals surface area contributed by atoms with E-state index < -0.39 is 11.5 Å². The number of ether oxygens (including phenoxy) is 1. The number of aliphatic carboxylic acids is 1. The second kappa shape index (κ2) is 6.17. The first-order chi connectivity index (χ1) is 8.37. The van der Waals surface area contributed by atoms with Gasteiger partial charge in [0.2, 0.25) is 5.91 Å². The van der Waals surface area contributed by atoms with Crippen molar-refractivity contribution in [3.8, 4) is 0 Å². The fraction of sp³-hybridized carbons (Fsp3) is 0.455. The molecule has 0 spiro atoms. The summed E-state index contributed by atoms with van der Waals surface area (Å²) >= 11 is 7.04. The predicted molar refractivity (Wildman–Crippen MR) is 69.1 cm³/mol. The van der Waals surface area contributed by atoms with Gasteiger partial charge in [-0.05, 0) is 19.1 Å². The van der Waals surface area contributed by atoms with Crippen LogP contribution in [0, 0.1) is 0 Å². The highest BCUT2D eigenvalue weighted by Gasteiger charge is 2.34. The third-order valence-corrected chi connectivity index (χ3v) is 3.52. The molecule has 0 bridgehead atoms. The first-order valence-corrected chi connectivity index (χ1v) is 6.34. The SMILES string of the molecule is COCC(C)(NC(=O)Cc1ccc(Cl)s1)C(=O)O. The molecule has 1 rings (SSSR count). The van der Waals surface area contributed by atoms with Crippen LogP contribution >= 0.6 is 22.9 Å². The van der Waals surface area contributed by atoms with Crippen LogP contribution in [0.3, 0.4) is 0 Å². The number of methoxy groups -OCH3 is 1. The zero-order valence-electron chi connectivity index (χ0n) is 10.0. The Kier molecular flexibility index (Phi) is 5.13. The van der Waals surface area contributed by atoms with E-state index in [0.717, 1.165) is 4.88 Å². The largest absolute Gasteiger partial charge is 0.479 e. The van der Waals surface area contributed by atoms with E-state index in [1.54, 1.807) is 12.1 Å². The summed E-state index contributed by atoms with van der Waals surface area (Å²) in [5, 5.41) is 11.5. The highest BCUT2D eigenvalue weighted by molar-refractivity contribution is 7.16. The Morgan fingerprint density at radius 2 is 2.22 bits per heavy atom. The van der Waals surface area contributed by atoms with Gasteiger partial charge in [0, 0.05) is 12.0 Å². The second-order valence-corrected chi connectivity index (χ2v) is 5.80. The summed E-state index contributed by atoms with van der Waals surface area (Å²) in [6.07, 6.45) is 0.101. The van der Waals surface area contributed by atoms with Crippen LogP contribution in [0.4, 0.5) is 0 Å². The molecule has 1 unspecified atom stereocenters. The maximum Gasteiger partial charge on any atom is 0.331 e. The lowest BCUT2D eigenvalue weighted by Crippen LogP contribution is -2.55. The zero-order valence-corrected chi connectivity index (χ0v) is 11.6. The molecule has 7 heteroatoms. The van der Waals surface area contributed by atoms with E-state index in [0.29, 0.717) is 4.34 Å². The maximum atomic E-state index is 11.8. The number of halogens is 1. The third kappa shape index (κ3) is 3.97. The molecule has 0 fully saturated rings. The summed E-state index contributed by atoms with van der Waals surface area (Å²) in [7, 11) is 1.38. The number of hydrogen-bond acceptors (Lipinski definition) is 4. The number of carbonyl (C=O) groups excluding carboxylic acids is 1. The number of carboxylic acids is 1. The van der Waals surface area contributed by atoms with Gasteiger partial charge in [0.25, 0.3) is 0 Å². The molecule has 0 aromatic carbocycles. The Morgan fingerprint density at radius 1 is 1.56 bits per heavy atom. The molecule has 0 saturated carbocycles. The monoisotopic (exact) mass is 291 g/mol. The molecule has 1 aromatic rings. The topological polar surface area (TPSA) is 75.6 Å². The molecule has 5 nitrogen and oxygen atoms in total. The number of rotatable bonds is 6. The number of thiophene rings is 1. The van der Waals surface area contributed by atoms with Gasteiger partial charge in [0.15, 0.2) is 5.54 Å². The second-order valence-electron chi connectivity index (χ2n) is 4.00. The van der Waals surface area contributed by atoms with Crippen molar-refractivity contribution in [2.24, 2.45) is 0 Å². The summed E-state index contributed by atoms with van der Waals surface area (Å²) in [6.45, 7) is 1.30. The Balaban J connectivity index is 2.65. The highest BCUT2D eigenvalue weighted by atomic mass is 35.5. The van der Waals surface area contributed by atoms with Crippen molar-refractivity contribution in [1.29, 1.82) is 0 Å². The lowest BCUT2D eigenvalue weighted by Gasteiger charge is -2.25. The third-order valence-electron chi connectivity index (χ3n) is 2.28. The van der Waals surface area contributed by atoms with Crippen LogP contribution in [-0.2, 0) is 20.7 Å². The van der Waals surface area contributed by atoms with Crippen molar-refractivity contribution in [3.63, 3.8) is 0 Å². The van der Waals surface area contributed by atoms with Gasteiger partial charge in [0.05, 0.1) is 17.4 Å². The number of carbonyl (C=O) groups is 2. The van der Waals surface area contributed by atoms with E-state index in [1.165, 1.54) is 25.4 Å². The first kappa shape index (κ1) is 14.9. The molecule has 0 saturated heterocycles. The van der Waals surface area contributed by atoms with Crippen molar-refractivity contribution in [2.75, 3.05) is 13.7 Å². The molecule has 100 valence electrons. The van der Waals surface area contributed by atoms with Crippen molar-refractivity contribution in [2.45, 2.75) is 18.9 Å². The quantitative estimate of drug-likeness (QED) is 0.834. The van der Waals surface area contributed by atoms with Crippen molar-refractivity contribution in [3.05, 3.63) is 21.3 Å². The summed E-state index contributed by atoms with van der Waals surface area (Å²) < 4.78 is 5.40. The van der Waals surface area contributed by atoms with Gasteiger partial charge in [-0.25, -0.2) is 4.79 Å². The summed E-state index contributed by atoms with van der Waals surface area (Å²) in [6, 6.07) is 3.43.